The van der Waals surface area contributed by atoms with Crippen LogP contribution in [-0.4, -0.2) is 40.2 Å². The molecule has 2 aromatic heterocycles. The van der Waals surface area contributed by atoms with Gasteiger partial charge in [-0.3, -0.25) is 9.36 Å². The van der Waals surface area contributed by atoms with Crippen LogP contribution in [0.5, 0.6) is 0 Å². The van der Waals surface area contributed by atoms with Gasteiger partial charge in [0, 0.05) is 48.6 Å². The van der Waals surface area contributed by atoms with Gasteiger partial charge in [0.15, 0.2) is 0 Å². The molecule has 2 aromatic carbocycles. The van der Waals surface area contributed by atoms with Gasteiger partial charge in [0.1, 0.15) is 5.65 Å². The summed E-state index contributed by atoms with van der Waals surface area (Å²) in [4.78, 5) is 25.6. The highest BCUT2D eigenvalue weighted by molar-refractivity contribution is 5.82. The van der Waals surface area contributed by atoms with E-state index in [1.165, 1.54) is 11.1 Å². The molecule has 1 saturated carbocycles. The topological polar surface area (TPSA) is 63.1 Å². The van der Waals surface area contributed by atoms with E-state index in [4.69, 9.17) is 9.97 Å². The Balaban J connectivity index is 1.23. The lowest BCUT2D eigenvalue weighted by molar-refractivity contribution is 0.415. The van der Waals surface area contributed by atoms with Crippen LogP contribution in [0.3, 0.4) is 0 Å². The number of nitrogens with one attached hydrogen (secondary N) is 1. The normalized spacial score (nSPS) is 16.3. The molecule has 0 spiro atoms. The first-order chi connectivity index (χ1) is 19.6. The molecule has 0 bridgehead atoms. The van der Waals surface area contributed by atoms with Crippen molar-refractivity contribution in [1.82, 2.24) is 19.9 Å². The molecule has 6 heteroatoms. The van der Waals surface area contributed by atoms with Crippen LogP contribution in [0.2, 0.25) is 0 Å². The van der Waals surface area contributed by atoms with Crippen molar-refractivity contribution in [2.75, 3.05) is 24.5 Å². The van der Waals surface area contributed by atoms with E-state index < -0.39 is 0 Å². The van der Waals surface area contributed by atoms with Crippen molar-refractivity contribution >= 4 is 17.0 Å². The van der Waals surface area contributed by atoms with Gasteiger partial charge in [-0.1, -0.05) is 72.7 Å². The van der Waals surface area contributed by atoms with E-state index in [9.17, 15) is 4.79 Å². The van der Waals surface area contributed by atoms with E-state index in [1.54, 1.807) is 6.07 Å². The molecule has 1 aliphatic carbocycles. The zero-order chi connectivity index (χ0) is 27.3. The Labute approximate surface area is 236 Å². The number of anilines is 1. The van der Waals surface area contributed by atoms with Gasteiger partial charge < -0.3 is 10.2 Å². The molecule has 3 heterocycles. The number of pyridine rings is 1. The van der Waals surface area contributed by atoms with Crippen LogP contribution in [0.15, 0.2) is 71.7 Å². The minimum Gasteiger partial charge on any atom is -0.341 e. The summed E-state index contributed by atoms with van der Waals surface area (Å²) in [5.41, 5.74) is 4.90. The fourth-order valence-electron chi connectivity index (χ4n) is 6.01. The van der Waals surface area contributed by atoms with Crippen LogP contribution in [0.25, 0.3) is 11.0 Å². The number of hydrogen-bond acceptors (Lipinski definition) is 5. The summed E-state index contributed by atoms with van der Waals surface area (Å²) in [6, 6.07) is 21.1. The predicted molar refractivity (Wildman–Crippen MR) is 162 cm³/mol. The van der Waals surface area contributed by atoms with Crippen LogP contribution in [0, 0.1) is 18.8 Å². The number of aromatic nitrogens is 3. The molecule has 1 saturated heterocycles. The third-order valence-electron chi connectivity index (χ3n) is 8.33. The number of nitrogens with zero attached hydrogens (tertiary/aromatic N) is 4. The number of fused-ring (bicyclic) bond motifs is 1. The van der Waals surface area contributed by atoms with Gasteiger partial charge >= 0.3 is 0 Å². The Morgan fingerprint density at radius 3 is 2.45 bits per heavy atom. The van der Waals surface area contributed by atoms with Crippen LogP contribution in [0.4, 0.5) is 5.95 Å². The molecular weight excluding hydrogens is 494 g/mol. The molecule has 1 aliphatic heterocycles. The molecule has 1 N–H and O–H groups in total. The van der Waals surface area contributed by atoms with Crippen molar-refractivity contribution in [2.45, 2.75) is 64.0 Å². The quantitative estimate of drug-likeness (QED) is 0.337. The number of piperidine rings is 1. The lowest BCUT2D eigenvalue weighted by Gasteiger charge is -2.32. The Bertz CT molecular complexity index is 1570. The first kappa shape index (κ1) is 26.3. The third-order valence-corrected chi connectivity index (χ3v) is 8.33. The van der Waals surface area contributed by atoms with E-state index in [0.717, 1.165) is 81.2 Å². The minimum absolute atomic E-state index is 0.0152. The van der Waals surface area contributed by atoms with Gasteiger partial charge in [0.2, 0.25) is 5.95 Å². The Hall–Kier alpha value is -3.95. The molecule has 0 radical (unpaired) electrons. The Morgan fingerprint density at radius 1 is 0.950 bits per heavy atom. The maximum absolute atomic E-state index is 13.4. The number of benzene rings is 2. The molecular formula is C34H37N5O. The van der Waals surface area contributed by atoms with Crippen molar-refractivity contribution in [3.8, 4) is 11.8 Å². The molecule has 2 fully saturated rings. The van der Waals surface area contributed by atoms with Gasteiger partial charge in [-0.05, 0) is 63.3 Å². The molecule has 4 aromatic rings. The van der Waals surface area contributed by atoms with Crippen molar-refractivity contribution in [3.05, 3.63) is 99.5 Å². The largest absolute Gasteiger partial charge is 0.341 e. The lowest BCUT2D eigenvalue weighted by atomic mass is 10.0. The highest BCUT2D eigenvalue weighted by atomic mass is 16.1. The molecule has 6 nitrogen and oxygen atoms in total. The summed E-state index contributed by atoms with van der Waals surface area (Å²) in [5, 5.41) is 4.59. The van der Waals surface area contributed by atoms with E-state index >= 15 is 0 Å². The molecule has 0 amide bonds. The maximum Gasteiger partial charge on any atom is 0.253 e. The summed E-state index contributed by atoms with van der Waals surface area (Å²) in [6.45, 7) is 4.85. The second-order valence-electron chi connectivity index (χ2n) is 11.2. The molecule has 204 valence electrons. The molecule has 6 rings (SSSR count). The van der Waals surface area contributed by atoms with Crippen LogP contribution < -0.4 is 15.8 Å². The predicted octanol–water partition coefficient (Wildman–Crippen LogP) is 5.42. The van der Waals surface area contributed by atoms with Gasteiger partial charge in [-0.2, -0.15) is 4.98 Å². The van der Waals surface area contributed by atoms with Crippen molar-refractivity contribution in [3.63, 3.8) is 0 Å². The monoisotopic (exact) mass is 531 g/mol. The van der Waals surface area contributed by atoms with Crippen LogP contribution >= 0.6 is 0 Å². The second kappa shape index (κ2) is 12.1. The van der Waals surface area contributed by atoms with Crippen molar-refractivity contribution in [1.29, 1.82) is 0 Å². The standard InChI is InChI=1S/C34H37N5O/c1-25-11-13-27(14-12-25)15-16-28-23-32(40)39(30-9-5-6-10-30)33-31(28)24-36-34(37-33)38-21-18-29(19-22-38)35-20-17-26-7-3-2-4-8-26/h2-4,7-8,11-14,23-24,29-30,35H,5-6,9-10,17-22H2,1H3. The molecule has 2 aliphatic rings. The fraction of sp³-hybridized carbons (Fsp3) is 0.382. The zero-order valence-corrected chi connectivity index (χ0v) is 23.3. The lowest BCUT2D eigenvalue weighted by Crippen LogP contribution is -2.43. The van der Waals surface area contributed by atoms with E-state index in [2.05, 4.69) is 71.4 Å². The highest BCUT2D eigenvalue weighted by Crippen LogP contribution is 2.31. The summed E-state index contributed by atoms with van der Waals surface area (Å²) in [6.07, 6.45) is 9.36. The van der Waals surface area contributed by atoms with Crippen molar-refractivity contribution in [2.24, 2.45) is 0 Å². The first-order valence-electron chi connectivity index (χ1n) is 14.7. The maximum atomic E-state index is 13.4. The van der Waals surface area contributed by atoms with E-state index in [1.807, 2.05) is 22.9 Å². The summed E-state index contributed by atoms with van der Waals surface area (Å²) < 4.78 is 1.92. The van der Waals surface area contributed by atoms with Gasteiger partial charge in [-0.25, -0.2) is 4.98 Å². The zero-order valence-electron chi connectivity index (χ0n) is 23.3. The van der Waals surface area contributed by atoms with Crippen LogP contribution in [-0.2, 0) is 6.42 Å². The average molecular weight is 532 g/mol. The van der Waals surface area contributed by atoms with Gasteiger partial charge in [-0.15, -0.1) is 0 Å². The average Bonchev–Trinajstić information content (AvgIpc) is 3.52. The van der Waals surface area contributed by atoms with Crippen molar-refractivity contribution < 1.29 is 0 Å². The highest BCUT2D eigenvalue weighted by Gasteiger charge is 2.24. The smallest absolute Gasteiger partial charge is 0.253 e. The molecule has 0 atom stereocenters. The third kappa shape index (κ3) is 5.95. The second-order valence-corrected chi connectivity index (χ2v) is 11.2. The Kier molecular flexibility index (Phi) is 7.92. The minimum atomic E-state index is -0.0152. The number of aryl methyl sites for hydroxylation is 1. The Morgan fingerprint density at radius 2 is 1.70 bits per heavy atom. The van der Waals surface area contributed by atoms with E-state index in [-0.39, 0.29) is 11.6 Å². The summed E-state index contributed by atoms with van der Waals surface area (Å²) in [5.74, 6) is 7.20. The number of hydrogen-bond donors (Lipinski definition) is 1. The van der Waals surface area contributed by atoms with Gasteiger partial charge in [0.25, 0.3) is 5.56 Å². The first-order valence-corrected chi connectivity index (χ1v) is 14.7. The molecule has 0 unspecified atom stereocenters. The summed E-state index contributed by atoms with van der Waals surface area (Å²) in [7, 11) is 0. The van der Waals surface area contributed by atoms with Crippen LogP contribution in [0.1, 0.15) is 66.8 Å². The molecule has 40 heavy (non-hydrogen) atoms. The number of rotatable bonds is 6. The SMILES string of the molecule is Cc1ccc(C#Cc2cc(=O)n(C3CCCC3)c3nc(N4CCC(NCCc5ccccc5)CC4)ncc23)cc1. The van der Waals surface area contributed by atoms with Gasteiger partial charge in [0.05, 0.1) is 5.39 Å². The summed E-state index contributed by atoms with van der Waals surface area (Å²) >= 11 is 0. The fourth-order valence-corrected chi connectivity index (χ4v) is 6.01. The van der Waals surface area contributed by atoms with E-state index in [0.29, 0.717) is 17.6 Å².